The Labute approximate surface area is 519 Å². The fraction of sp³-hybridized carbons (Fsp3) is 0.909. The molecule has 0 aromatic heterocycles. The number of unbranched alkanes of at least 4 members (excludes halogenated alkanes) is 56. The van der Waals surface area contributed by atoms with Crippen LogP contribution in [-0.4, -0.2) is 37.2 Å². The molecule has 0 bridgehead atoms. The van der Waals surface area contributed by atoms with Gasteiger partial charge in [0.05, 0.1) is 0 Å². The lowest BCUT2D eigenvalue weighted by Crippen LogP contribution is -2.30. The van der Waals surface area contributed by atoms with Gasteiger partial charge in [0.25, 0.3) is 0 Å². The normalized spacial score (nSPS) is 12.1. The topological polar surface area (TPSA) is 78.9 Å². The van der Waals surface area contributed by atoms with Crippen LogP contribution in [0.2, 0.25) is 0 Å². The number of carbonyl (C=O) groups excluding carboxylic acids is 3. The number of ether oxygens (including phenoxy) is 3. The minimum Gasteiger partial charge on any atom is -0.462 e. The lowest BCUT2D eigenvalue weighted by atomic mass is 10.0. The molecule has 1 atom stereocenters. The van der Waals surface area contributed by atoms with E-state index in [4.69, 9.17) is 14.2 Å². The molecular weight excluding hydrogens is 1020 g/mol. The summed E-state index contributed by atoms with van der Waals surface area (Å²) in [4.78, 5) is 38.5. The molecule has 0 aliphatic carbocycles. The minimum absolute atomic E-state index is 0.0690. The molecule has 0 N–H and O–H groups in total. The van der Waals surface area contributed by atoms with Crippen molar-refractivity contribution in [2.75, 3.05) is 13.2 Å². The standard InChI is InChI=1S/C77H146O6/c1-4-7-10-13-16-19-22-25-28-30-32-34-36-37-38-39-40-41-43-44-46-49-52-55-58-61-64-67-70-76(79)82-73-74(72-81-75(78)69-66-63-60-57-54-51-48-27-24-21-18-15-12-9-6-3)83-77(80)71-68-65-62-59-56-53-50-47-45-42-35-33-31-29-26-23-20-17-14-11-8-5-2/h18,21,27,48,74H,4-17,19-20,22-26,28-47,49-73H2,1-3H3/b21-18-,48-27-. The van der Waals surface area contributed by atoms with Crippen molar-refractivity contribution in [3.8, 4) is 0 Å². The molecule has 0 aromatic carbocycles. The van der Waals surface area contributed by atoms with Gasteiger partial charge in [-0.05, 0) is 51.4 Å². The molecule has 0 saturated heterocycles. The highest BCUT2D eigenvalue weighted by Gasteiger charge is 2.20. The van der Waals surface area contributed by atoms with Gasteiger partial charge in [0.15, 0.2) is 6.10 Å². The van der Waals surface area contributed by atoms with E-state index in [1.165, 1.54) is 315 Å². The van der Waals surface area contributed by atoms with Gasteiger partial charge < -0.3 is 14.2 Å². The van der Waals surface area contributed by atoms with Crippen LogP contribution >= 0.6 is 0 Å². The van der Waals surface area contributed by atoms with Crippen molar-refractivity contribution >= 4 is 17.9 Å². The summed E-state index contributed by atoms with van der Waals surface area (Å²) >= 11 is 0. The zero-order valence-electron chi connectivity index (χ0n) is 56.5. The van der Waals surface area contributed by atoms with E-state index >= 15 is 0 Å². The van der Waals surface area contributed by atoms with Crippen molar-refractivity contribution in [2.24, 2.45) is 0 Å². The molecule has 490 valence electrons. The van der Waals surface area contributed by atoms with Crippen molar-refractivity contribution in [3.05, 3.63) is 24.3 Å². The summed E-state index contributed by atoms with van der Waals surface area (Å²) in [6.07, 6.45) is 89.4. The van der Waals surface area contributed by atoms with Crippen LogP contribution in [0.1, 0.15) is 432 Å². The molecule has 0 radical (unpaired) electrons. The summed E-state index contributed by atoms with van der Waals surface area (Å²) in [5.74, 6) is -0.847. The molecule has 0 fully saturated rings. The Bertz CT molecular complexity index is 1340. The minimum atomic E-state index is -0.775. The first-order valence-electron chi connectivity index (χ1n) is 37.8. The first-order chi connectivity index (χ1) is 41.0. The fourth-order valence-electron chi connectivity index (χ4n) is 11.8. The first-order valence-corrected chi connectivity index (χ1v) is 37.8. The third kappa shape index (κ3) is 70.5. The molecule has 0 rings (SSSR count). The summed E-state index contributed by atoms with van der Waals surface area (Å²) in [6, 6.07) is 0. The third-order valence-corrected chi connectivity index (χ3v) is 17.5. The van der Waals surface area contributed by atoms with Gasteiger partial charge in [0.2, 0.25) is 0 Å². The molecule has 0 spiro atoms. The average Bonchev–Trinajstić information content (AvgIpc) is 3.50. The fourth-order valence-corrected chi connectivity index (χ4v) is 11.8. The summed E-state index contributed by atoms with van der Waals surface area (Å²) in [5.41, 5.74) is 0. The number of hydrogen-bond donors (Lipinski definition) is 0. The lowest BCUT2D eigenvalue weighted by molar-refractivity contribution is -0.167. The maximum absolute atomic E-state index is 13.0. The first kappa shape index (κ1) is 80.9. The van der Waals surface area contributed by atoms with Crippen LogP contribution in [0.25, 0.3) is 0 Å². The smallest absolute Gasteiger partial charge is 0.306 e. The molecule has 6 heteroatoms. The number of rotatable bonds is 71. The molecular formula is C77H146O6. The van der Waals surface area contributed by atoms with Crippen LogP contribution in [0, 0.1) is 0 Å². The predicted octanol–water partition coefficient (Wildman–Crippen LogP) is 26.1. The van der Waals surface area contributed by atoms with E-state index in [1.807, 2.05) is 0 Å². The quantitative estimate of drug-likeness (QED) is 0.0261. The summed E-state index contributed by atoms with van der Waals surface area (Å²) in [6.45, 7) is 6.70. The zero-order chi connectivity index (χ0) is 59.9. The largest absolute Gasteiger partial charge is 0.462 e. The van der Waals surface area contributed by atoms with Crippen LogP contribution in [0.15, 0.2) is 24.3 Å². The van der Waals surface area contributed by atoms with Gasteiger partial charge in [-0.15, -0.1) is 0 Å². The van der Waals surface area contributed by atoms with Gasteiger partial charge >= 0.3 is 17.9 Å². The van der Waals surface area contributed by atoms with E-state index in [0.717, 1.165) is 77.0 Å². The van der Waals surface area contributed by atoms with E-state index in [1.54, 1.807) is 0 Å². The molecule has 0 amide bonds. The Kier molecular flexibility index (Phi) is 70.5. The van der Waals surface area contributed by atoms with Gasteiger partial charge in [-0.1, -0.05) is 385 Å². The van der Waals surface area contributed by atoms with Crippen LogP contribution < -0.4 is 0 Å². The second-order valence-corrected chi connectivity index (χ2v) is 25.9. The van der Waals surface area contributed by atoms with Crippen molar-refractivity contribution in [3.63, 3.8) is 0 Å². The van der Waals surface area contributed by atoms with Crippen LogP contribution in [0.5, 0.6) is 0 Å². The van der Waals surface area contributed by atoms with E-state index in [-0.39, 0.29) is 31.1 Å². The zero-order valence-corrected chi connectivity index (χ0v) is 56.5. The molecule has 6 nitrogen and oxygen atoms in total. The summed E-state index contributed by atoms with van der Waals surface area (Å²) < 4.78 is 17.0. The Morgan fingerprint density at radius 3 is 0.687 bits per heavy atom. The number of hydrogen-bond acceptors (Lipinski definition) is 6. The van der Waals surface area contributed by atoms with Crippen LogP contribution in [0.3, 0.4) is 0 Å². The Morgan fingerprint density at radius 2 is 0.434 bits per heavy atom. The summed E-state index contributed by atoms with van der Waals surface area (Å²) in [5, 5.41) is 0. The van der Waals surface area contributed by atoms with E-state index in [0.29, 0.717) is 19.3 Å². The predicted molar refractivity (Wildman–Crippen MR) is 363 cm³/mol. The van der Waals surface area contributed by atoms with Gasteiger partial charge in [-0.2, -0.15) is 0 Å². The number of carbonyl (C=O) groups is 3. The van der Waals surface area contributed by atoms with E-state index < -0.39 is 6.10 Å². The molecule has 0 aromatic rings. The SMILES string of the molecule is CCCCC/C=C\C/C=C\CCCCCCCC(=O)OCC(COC(=O)CCCCCCCCCCCCCCCCCCCCCCCCCCCCCC)OC(=O)CCCCCCCCCCCCCCCCCCCCCCCC. The molecule has 83 heavy (non-hydrogen) atoms. The Hall–Kier alpha value is -2.11. The van der Waals surface area contributed by atoms with Crippen molar-refractivity contribution in [1.29, 1.82) is 0 Å². The lowest BCUT2D eigenvalue weighted by Gasteiger charge is -2.18. The van der Waals surface area contributed by atoms with Gasteiger partial charge in [0, 0.05) is 19.3 Å². The van der Waals surface area contributed by atoms with Crippen LogP contribution in [0.4, 0.5) is 0 Å². The molecule has 0 heterocycles. The van der Waals surface area contributed by atoms with Crippen molar-refractivity contribution in [2.45, 2.75) is 438 Å². The average molecular weight is 1170 g/mol. The Morgan fingerprint density at radius 1 is 0.241 bits per heavy atom. The maximum Gasteiger partial charge on any atom is 0.306 e. The molecule has 0 aliphatic rings. The molecule has 0 aliphatic heterocycles. The van der Waals surface area contributed by atoms with Gasteiger partial charge in [0.1, 0.15) is 13.2 Å². The second kappa shape index (κ2) is 72.4. The highest BCUT2D eigenvalue weighted by Crippen LogP contribution is 2.20. The van der Waals surface area contributed by atoms with Gasteiger partial charge in [-0.25, -0.2) is 0 Å². The van der Waals surface area contributed by atoms with Crippen LogP contribution in [-0.2, 0) is 28.6 Å². The third-order valence-electron chi connectivity index (χ3n) is 17.5. The summed E-state index contributed by atoms with van der Waals surface area (Å²) in [7, 11) is 0. The Balaban J connectivity index is 4.21. The van der Waals surface area contributed by atoms with Crippen molar-refractivity contribution in [1.82, 2.24) is 0 Å². The van der Waals surface area contributed by atoms with E-state index in [9.17, 15) is 14.4 Å². The number of allylic oxidation sites excluding steroid dienone is 4. The van der Waals surface area contributed by atoms with E-state index in [2.05, 4.69) is 45.1 Å². The highest BCUT2D eigenvalue weighted by molar-refractivity contribution is 5.71. The van der Waals surface area contributed by atoms with Gasteiger partial charge in [-0.3, -0.25) is 14.4 Å². The molecule has 1 unspecified atom stereocenters. The second-order valence-electron chi connectivity index (χ2n) is 25.9. The maximum atomic E-state index is 13.0. The highest BCUT2D eigenvalue weighted by atomic mass is 16.6. The van der Waals surface area contributed by atoms with Crippen molar-refractivity contribution < 1.29 is 28.6 Å². The molecule has 0 saturated carbocycles. The monoisotopic (exact) mass is 1170 g/mol. The number of esters is 3.